The third-order valence-electron chi connectivity index (χ3n) is 2.03. The summed E-state index contributed by atoms with van der Waals surface area (Å²) in [6.07, 6.45) is 1.84. The Morgan fingerprint density at radius 1 is 1.50 bits per heavy atom. The summed E-state index contributed by atoms with van der Waals surface area (Å²) < 4.78 is 1.79. The molecule has 0 spiro atoms. The molecule has 0 fully saturated rings. The van der Waals surface area contributed by atoms with Crippen LogP contribution in [0.5, 0.6) is 0 Å². The van der Waals surface area contributed by atoms with Crippen molar-refractivity contribution < 1.29 is 0 Å². The Morgan fingerprint density at radius 2 is 2.31 bits per heavy atom. The third kappa shape index (κ3) is 3.53. The standard InChI is InChI=1S/C10H10BrClN2S2/c1-14(4-7-2-9(11)15-6-7)5-8-3-13-10(12)16-8/h2-3,6H,4-5H2,1H3. The molecule has 0 radical (unpaired) electrons. The van der Waals surface area contributed by atoms with Gasteiger partial charge in [-0.05, 0) is 40.0 Å². The first kappa shape index (κ1) is 12.5. The van der Waals surface area contributed by atoms with Crippen LogP contribution < -0.4 is 0 Å². The summed E-state index contributed by atoms with van der Waals surface area (Å²) in [5, 5.41) is 2.17. The highest BCUT2D eigenvalue weighted by molar-refractivity contribution is 9.11. The van der Waals surface area contributed by atoms with Crippen molar-refractivity contribution in [3.63, 3.8) is 0 Å². The highest BCUT2D eigenvalue weighted by Gasteiger charge is 2.06. The Bertz CT molecular complexity index is 427. The van der Waals surface area contributed by atoms with Crippen LogP contribution >= 0.6 is 50.2 Å². The first-order chi connectivity index (χ1) is 7.63. The molecule has 0 aromatic carbocycles. The number of hydrogen-bond donors (Lipinski definition) is 0. The lowest BCUT2D eigenvalue weighted by molar-refractivity contribution is 0.322. The largest absolute Gasteiger partial charge is 0.297 e. The molecular weight excluding hydrogens is 328 g/mol. The van der Waals surface area contributed by atoms with E-state index >= 15 is 0 Å². The summed E-state index contributed by atoms with van der Waals surface area (Å²) in [7, 11) is 2.10. The predicted molar refractivity (Wildman–Crippen MR) is 74.3 cm³/mol. The molecule has 0 bridgehead atoms. The number of halogens is 2. The van der Waals surface area contributed by atoms with E-state index in [1.165, 1.54) is 25.6 Å². The Balaban J connectivity index is 1.91. The van der Waals surface area contributed by atoms with Gasteiger partial charge in [0.2, 0.25) is 0 Å². The molecule has 0 amide bonds. The highest BCUT2D eigenvalue weighted by Crippen LogP contribution is 2.23. The maximum atomic E-state index is 5.79. The van der Waals surface area contributed by atoms with Crippen molar-refractivity contribution in [3.05, 3.63) is 36.3 Å². The lowest BCUT2D eigenvalue weighted by Crippen LogP contribution is -2.15. The van der Waals surface area contributed by atoms with Crippen LogP contribution in [0.15, 0.2) is 21.4 Å². The molecule has 0 aliphatic heterocycles. The second-order valence-electron chi connectivity index (χ2n) is 3.51. The molecule has 0 aliphatic carbocycles. The number of aromatic nitrogens is 1. The van der Waals surface area contributed by atoms with Gasteiger partial charge >= 0.3 is 0 Å². The molecule has 16 heavy (non-hydrogen) atoms. The van der Waals surface area contributed by atoms with Crippen LogP contribution in [0.4, 0.5) is 0 Å². The van der Waals surface area contributed by atoms with E-state index in [9.17, 15) is 0 Å². The minimum Gasteiger partial charge on any atom is -0.297 e. The van der Waals surface area contributed by atoms with E-state index in [2.05, 4.69) is 44.3 Å². The number of thiazole rings is 1. The van der Waals surface area contributed by atoms with Gasteiger partial charge in [0.25, 0.3) is 0 Å². The molecule has 0 saturated carbocycles. The number of thiophene rings is 1. The van der Waals surface area contributed by atoms with Gasteiger partial charge in [-0.3, -0.25) is 4.90 Å². The van der Waals surface area contributed by atoms with E-state index in [-0.39, 0.29) is 0 Å². The van der Waals surface area contributed by atoms with Gasteiger partial charge in [0, 0.05) is 24.2 Å². The summed E-state index contributed by atoms with van der Waals surface area (Å²) in [6.45, 7) is 1.83. The zero-order chi connectivity index (χ0) is 11.5. The van der Waals surface area contributed by atoms with Gasteiger partial charge in [-0.2, -0.15) is 0 Å². The maximum Gasteiger partial charge on any atom is 0.183 e. The second kappa shape index (κ2) is 5.60. The van der Waals surface area contributed by atoms with Gasteiger partial charge < -0.3 is 0 Å². The van der Waals surface area contributed by atoms with Crippen LogP contribution in [0.3, 0.4) is 0 Å². The summed E-state index contributed by atoms with van der Waals surface area (Å²) in [4.78, 5) is 7.48. The first-order valence-electron chi connectivity index (χ1n) is 4.65. The molecule has 2 aromatic heterocycles. The minimum absolute atomic E-state index is 0.613. The van der Waals surface area contributed by atoms with E-state index in [0.717, 1.165) is 13.1 Å². The summed E-state index contributed by atoms with van der Waals surface area (Å²) in [6, 6.07) is 2.15. The van der Waals surface area contributed by atoms with Gasteiger partial charge in [0.05, 0.1) is 3.79 Å². The monoisotopic (exact) mass is 336 g/mol. The number of hydrogen-bond acceptors (Lipinski definition) is 4. The van der Waals surface area contributed by atoms with Crippen molar-refractivity contribution >= 4 is 50.2 Å². The summed E-state index contributed by atoms with van der Waals surface area (Å²) in [5.41, 5.74) is 1.33. The Morgan fingerprint density at radius 3 is 2.88 bits per heavy atom. The van der Waals surface area contributed by atoms with Gasteiger partial charge in [-0.1, -0.05) is 11.6 Å². The van der Waals surface area contributed by atoms with E-state index in [1.807, 2.05) is 6.20 Å². The third-order valence-corrected chi connectivity index (χ3v) is 4.68. The van der Waals surface area contributed by atoms with Crippen LogP contribution in [0.25, 0.3) is 0 Å². The van der Waals surface area contributed by atoms with Gasteiger partial charge in [-0.25, -0.2) is 4.98 Å². The van der Waals surface area contributed by atoms with Crippen molar-refractivity contribution in [3.8, 4) is 0 Å². The number of rotatable bonds is 4. The zero-order valence-electron chi connectivity index (χ0n) is 8.61. The van der Waals surface area contributed by atoms with Crippen LogP contribution in [0.2, 0.25) is 4.47 Å². The van der Waals surface area contributed by atoms with Crippen molar-refractivity contribution in [1.82, 2.24) is 9.88 Å². The fourth-order valence-corrected chi connectivity index (χ4v) is 3.68. The molecule has 0 saturated heterocycles. The number of nitrogens with zero attached hydrogens (tertiary/aromatic N) is 2. The van der Waals surface area contributed by atoms with Crippen molar-refractivity contribution in [2.45, 2.75) is 13.1 Å². The molecule has 0 N–H and O–H groups in total. The van der Waals surface area contributed by atoms with Gasteiger partial charge in [0.15, 0.2) is 4.47 Å². The molecule has 86 valence electrons. The van der Waals surface area contributed by atoms with Crippen LogP contribution in [0, 0.1) is 0 Å². The molecule has 0 unspecified atom stereocenters. The fourth-order valence-electron chi connectivity index (χ4n) is 1.42. The van der Waals surface area contributed by atoms with Crippen molar-refractivity contribution in [1.29, 1.82) is 0 Å². The molecule has 6 heteroatoms. The molecule has 2 heterocycles. The minimum atomic E-state index is 0.613. The highest BCUT2D eigenvalue weighted by atomic mass is 79.9. The SMILES string of the molecule is CN(Cc1csc(Br)c1)Cc1cnc(Cl)s1. The molecule has 2 nitrogen and oxygen atoms in total. The molecule has 2 aromatic rings. The van der Waals surface area contributed by atoms with Gasteiger partial charge in [-0.15, -0.1) is 22.7 Å². The molecule has 0 aliphatic rings. The second-order valence-corrected chi connectivity index (χ2v) is 7.50. The van der Waals surface area contributed by atoms with E-state index in [4.69, 9.17) is 11.6 Å². The predicted octanol–water partition coefficient (Wildman–Crippen LogP) is 4.25. The topological polar surface area (TPSA) is 16.1 Å². The quantitative estimate of drug-likeness (QED) is 0.829. The van der Waals surface area contributed by atoms with Gasteiger partial charge in [0.1, 0.15) is 0 Å². The van der Waals surface area contributed by atoms with Crippen LogP contribution in [0.1, 0.15) is 10.4 Å². The summed E-state index contributed by atoms with van der Waals surface area (Å²) in [5.74, 6) is 0. The van der Waals surface area contributed by atoms with E-state index in [1.54, 1.807) is 11.3 Å². The first-order valence-corrected chi connectivity index (χ1v) is 7.52. The van der Waals surface area contributed by atoms with E-state index in [0.29, 0.717) is 4.47 Å². The lowest BCUT2D eigenvalue weighted by atomic mass is 10.3. The average Bonchev–Trinajstić information content (AvgIpc) is 2.76. The van der Waals surface area contributed by atoms with Crippen LogP contribution in [-0.4, -0.2) is 16.9 Å². The van der Waals surface area contributed by atoms with Crippen molar-refractivity contribution in [2.75, 3.05) is 7.05 Å². The molecule has 0 atom stereocenters. The fraction of sp³-hybridized carbons (Fsp3) is 0.300. The zero-order valence-corrected chi connectivity index (χ0v) is 12.6. The smallest absolute Gasteiger partial charge is 0.183 e. The summed E-state index contributed by atoms with van der Waals surface area (Å²) >= 11 is 12.5. The Labute approximate surface area is 116 Å². The Kier molecular flexibility index (Phi) is 4.38. The van der Waals surface area contributed by atoms with Crippen molar-refractivity contribution in [2.24, 2.45) is 0 Å². The molecular formula is C10H10BrClN2S2. The maximum absolute atomic E-state index is 5.79. The molecule has 2 rings (SSSR count). The Hall–Kier alpha value is 0.0600. The van der Waals surface area contributed by atoms with Crippen LogP contribution in [-0.2, 0) is 13.1 Å². The normalized spacial score (nSPS) is 11.2. The lowest BCUT2D eigenvalue weighted by Gasteiger charge is -2.13. The van der Waals surface area contributed by atoms with E-state index < -0.39 is 0 Å². The average molecular weight is 338 g/mol.